The molecule has 0 bridgehead atoms. The van der Waals surface area contributed by atoms with Crippen LogP contribution in [0.25, 0.3) is 0 Å². The molecule has 1 aromatic rings. The van der Waals surface area contributed by atoms with E-state index in [-0.39, 0.29) is 5.54 Å². The predicted molar refractivity (Wildman–Crippen MR) is 119 cm³/mol. The van der Waals surface area contributed by atoms with Gasteiger partial charge in [-0.3, -0.25) is 4.90 Å². The predicted octanol–water partition coefficient (Wildman–Crippen LogP) is 6.15. The molecule has 0 spiro atoms. The molecule has 1 unspecified atom stereocenters. The van der Waals surface area contributed by atoms with Crippen LogP contribution in [0.5, 0.6) is 0 Å². The Morgan fingerprint density at radius 1 is 1.26 bits per heavy atom. The van der Waals surface area contributed by atoms with Gasteiger partial charge in [-0.25, -0.2) is 0 Å². The molecule has 1 N–H and O–H groups in total. The lowest BCUT2D eigenvalue weighted by molar-refractivity contribution is 0.0967. The minimum atomic E-state index is 0.226. The largest absolute Gasteiger partial charge is 0.309 e. The van der Waals surface area contributed by atoms with E-state index in [9.17, 15) is 0 Å². The molecule has 1 aliphatic carbocycles. The number of aryl methyl sites for hydroxylation is 1. The number of benzene rings is 1. The van der Waals surface area contributed by atoms with Gasteiger partial charge in [-0.1, -0.05) is 48.9 Å². The van der Waals surface area contributed by atoms with E-state index in [0.717, 1.165) is 19.5 Å². The standard InChI is InChI=1S/C21H32N2.C4H8/c1-5-6-7-17-9-11-20(19-14-16(2)8-10-18(17)19)23-13-12-22-21(3,4)15-23;1-3-4-2/h5-6,8,10,14,17,20,22H,7,9,11-13,15H2,1-4H3;3H,1,4H2,2H3/b6-5-;/t17?,20-;/m1./s1. The van der Waals surface area contributed by atoms with Crippen LogP contribution in [-0.4, -0.2) is 30.1 Å². The number of nitrogens with zero attached hydrogens (tertiary/aromatic N) is 1. The third kappa shape index (κ3) is 6.05. The van der Waals surface area contributed by atoms with Crippen LogP contribution < -0.4 is 5.32 Å². The van der Waals surface area contributed by atoms with Crippen molar-refractivity contribution in [3.63, 3.8) is 0 Å². The Morgan fingerprint density at radius 2 is 2.00 bits per heavy atom. The molecule has 1 aromatic carbocycles. The van der Waals surface area contributed by atoms with Crippen molar-refractivity contribution < 1.29 is 0 Å². The monoisotopic (exact) mass is 368 g/mol. The highest BCUT2D eigenvalue weighted by Gasteiger charge is 2.35. The second-order valence-corrected chi connectivity index (χ2v) is 8.71. The summed E-state index contributed by atoms with van der Waals surface area (Å²) < 4.78 is 0. The average molecular weight is 369 g/mol. The number of nitrogens with one attached hydrogen (secondary N) is 1. The van der Waals surface area contributed by atoms with Crippen molar-refractivity contribution >= 4 is 0 Å². The van der Waals surface area contributed by atoms with Crippen molar-refractivity contribution in [3.8, 4) is 0 Å². The summed E-state index contributed by atoms with van der Waals surface area (Å²) >= 11 is 0. The number of allylic oxidation sites excluding steroid dienone is 3. The molecule has 0 amide bonds. The summed E-state index contributed by atoms with van der Waals surface area (Å²) in [7, 11) is 0. The number of hydrogen-bond acceptors (Lipinski definition) is 2. The molecule has 27 heavy (non-hydrogen) atoms. The Labute approximate surface area is 167 Å². The van der Waals surface area contributed by atoms with Gasteiger partial charge in [-0.15, -0.1) is 6.58 Å². The first-order chi connectivity index (χ1) is 12.9. The second kappa shape index (κ2) is 10.2. The van der Waals surface area contributed by atoms with E-state index in [0.29, 0.717) is 12.0 Å². The summed E-state index contributed by atoms with van der Waals surface area (Å²) in [5.74, 6) is 0.703. The average Bonchev–Trinajstić information content (AvgIpc) is 2.65. The zero-order chi connectivity index (χ0) is 19.9. The van der Waals surface area contributed by atoms with Crippen LogP contribution in [0.4, 0.5) is 0 Å². The van der Waals surface area contributed by atoms with Crippen molar-refractivity contribution in [3.05, 3.63) is 59.7 Å². The number of piperazine rings is 1. The van der Waals surface area contributed by atoms with E-state index in [1.165, 1.54) is 31.4 Å². The molecule has 2 aliphatic rings. The highest BCUT2D eigenvalue weighted by atomic mass is 15.2. The van der Waals surface area contributed by atoms with Crippen molar-refractivity contribution in [2.75, 3.05) is 19.6 Å². The first kappa shape index (κ1) is 21.9. The van der Waals surface area contributed by atoms with Gasteiger partial charge < -0.3 is 5.32 Å². The Balaban J connectivity index is 0.000000596. The fourth-order valence-electron chi connectivity index (χ4n) is 4.40. The van der Waals surface area contributed by atoms with Gasteiger partial charge >= 0.3 is 0 Å². The molecule has 1 saturated heterocycles. The van der Waals surface area contributed by atoms with Crippen molar-refractivity contribution in [1.82, 2.24) is 10.2 Å². The summed E-state index contributed by atoms with van der Waals surface area (Å²) in [4.78, 5) is 2.72. The van der Waals surface area contributed by atoms with Gasteiger partial charge in [0.25, 0.3) is 0 Å². The molecule has 1 aliphatic heterocycles. The summed E-state index contributed by atoms with van der Waals surface area (Å²) in [5.41, 5.74) is 4.82. The lowest BCUT2D eigenvalue weighted by Crippen LogP contribution is -2.57. The molecule has 150 valence electrons. The van der Waals surface area contributed by atoms with Crippen LogP contribution in [0.15, 0.2) is 43.0 Å². The fraction of sp³-hybridized carbons (Fsp3) is 0.600. The van der Waals surface area contributed by atoms with Crippen molar-refractivity contribution in [2.45, 2.75) is 77.8 Å². The van der Waals surface area contributed by atoms with Crippen LogP contribution in [0.1, 0.15) is 82.0 Å². The normalized spacial score (nSPS) is 24.8. The molecular weight excluding hydrogens is 328 g/mol. The van der Waals surface area contributed by atoms with Gasteiger partial charge in [0.1, 0.15) is 0 Å². The maximum Gasteiger partial charge on any atom is 0.0352 e. The molecule has 0 aromatic heterocycles. The minimum Gasteiger partial charge on any atom is -0.309 e. The van der Waals surface area contributed by atoms with Gasteiger partial charge in [0.2, 0.25) is 0 Å². The Bertz CT molecular complexity index is 629. The van der Waals surface area contributed by atoms with Crippen LogP contribution in [0.2, 0.25) is 0 Å². The van der Waals surface area contributed by atoms with E-state index >= 15 is 0 Å². The van der Waals surface area contributed by atoms with Crippen LogP contribution in [-0.2, 0) is 0 Å². The summed E-state index contributed by atoms with van der Waals surface area (Å²) in [6, 6.07) is 7.76. The minimum absolute atomic E-state index is 0.226. The first-order valence-corrected chi connectivity index (χ1v) is 10.7. The van der Waals surface area contributed by atoms with Gasteiger partial charge in [0.05, 0.1) is 0 Å². The highest BCUT2D eigenvalue weighted by molar-refractivity contribution is 5.39. The number of hydrogen-bond donors (Lipinski definition) is 1. The van der Waals surface area contributed by atoms with E-state index in [1.807, 2.05) is 6.08 Å². The molecule has 1 fully saturated rings. The van der Waals surface area contributed by atoms with Crippen molar-refractivity contribution in [1.29, 1.82) is 0 Å². The van der Waals surface area contributed by atoms with Crippen LogP contribution in [0, 0.1) is 6.92 Å². The highest BCUT2D eigenvalue weighted by Crippen LogP contribution is 2.43. The Hall–Kier alpha value is -1.38. The summed E-state index contributed by atoms with van der Waals surface area (Å²) in [5, 5.41) is 3.65. The van der Waals surface area contributed by atoms with Gasteiger partial charge in [0, 0.05) is 31.2 Å². The summed E-state index contributed by atoms with van der Waals surface area (Å²) in [6.45, 7) is 18.0. The zero-order valence-corrected chi connectivity index (χ0v) is 18.2. The Morgan fingerprint density at radius 3 is 2.63 bits per heavy atom. The molecule has 2 heteroatoms. The second-order valence-electron chi connectivity index (χ2n) is 8.71. The van der Waals surface area contributed by atoms with Crippen molar-refractivity contribution in [2.24, 2.45) is 0 Å². The Kier molecular flexibility index (Phi) is 8.31. The van der Waals surface area contributed by atoms with E-state index < -0.39 is 0 Å². The number of rotatable bonds is 4. The van der Waals surface area contributed by atoms with Gasteiger partial charge in [0.15, 0.2) is 0 Å². The van der Waals surface area contributed by atoms with E-state index in [2.05, 4.69) is 81.8 Å². The maximum atomic E-state index is 3.65. The molecule has 3 rings (SSSR count). The fourth-order valence-corrected chi connectivity index (χ4v) is 4.40. The topological polar surface area (TPSA) is 15.3 Å². The number of fused-ring (bicyclic) bond motifs is 1. The molecule has 1 heterocycles. The smallest absolute Gasteiger partial charge is 0.0352 e. The quantitative estimate of drug-likeness (QED) is 0.642. The van der Waals surface area contributed by atoms with E-state index in [4.69, 9.17) is 0 Å². The van der Waals surface area contributed by atoms with Crippen LogP contribution in [0.3, 0.4) is 0 Å². The third-order valence-electron chi connectivity index (χ3n) is 5.82. The molecule has 2 atom stereocenters. The lowest BCUT2D eigenvalue weighted by atomic mass is 9.77. The summed E-state index contributed by atoms with van der Waals surface area (Å²) in [6.07, 6.45) is 11.3. The van der Waals surface area contributed by atoms with Crippen LogP contribution >= 0.6 is 0 Å². The lowest BCUT2D eigenvalue weighted by Gasteiger charge is -2.45. The molecule has 0 radical (unpaired) electrons. The molecule has 0 saturated carbocycles. The molecular formula is C25H40N2. The van der Waals surface area contributed by atoms with Gasteiger partial charge in [-0.2, -0.15) is 0 Å². The SMILES string of the molecule is C/C=C\CC1CC[C@@H](N2CCNC(C)(C)C2)c2cc(C)ccc21.C=CCC. The third-order valence-corrected chi connectivity index (χ3v) is 5.82. The zero-order valence-electron chi connectivity index (χ0n) is 18.2. The van der Waals surface area contributed by atoms with E-state index in [1.54, 1.807) is 11.1 Å². The molecule has 2 nitrogen and oxygen atoms in total. The maximum absolute atomic E-state index is 3.65. The first-order valence-electron chi connectivity index (χ1n) is 10.7. The van der Waals surface area contributed by atoms with Gasteiger partial charge in [-0.05, 0) is 70.4 Å².